The van der Waals surface area contributed by atoms with E-state index in [-0.39, 0.29) is 17.8 Å². The van der Waals surface area contributed by atoms with Gasteiger partial charge in [-0.2, -0.15) is 0 Å². The van der Waals surface area contributed by atoms with Gasteiger partial charge in [-0.1, -0.05) is 0 Å². The lowest BCUT2D eigenvalue weighted by molar-refractivity contribution is 0.0949. The molecule has 1 amide bonds. The highest BCUT2D eigenvalue weighted by atomic mass is 32.1. The third-order valence-corrected chi connectivity index (χ3v) is 4.88. The van der Waals surface area contributed by atoms with Crippen molar-refractivity contribution in [1.29, 1.82) is 0 Å². The van der Waals surface area contributed by atoms with Crippen LogP contribution in [0.15, 0.2) is 24.3 Å². The lowest BCUT2D eigenvalue weighted by Crippen LogP contribution is -2.28. The summed E-state index contributed by atoms with van der Waals surface area (Å²) in [5.74, 6) is -0.0454. The number of aliphatic hydroxyl groups excluding tert-OH is 1. The first kappa shape index (κ1) is 13.5. The largest absolute Gasteiger partial charge is 0.393 e. The molecule has 3 nitrogen and oxygen atoms in total. The number of benzene rings is 1. The average molecular weight is 293 g/mol. The van der Waals surface area contributed by atoms with Gasteiger partial charge in [0.2, 0.25) is 0 Å². The second-order valence-corrected chi connectivity index (χ2v) is 6.42. The zero-order chi connectivity index (χ0) is 14.1. The summed E-state index contributed by atoms with van der Waals surface area (Å²) in [6, 6.07) is 6.26. The molecule has 1 aliphatic carbocycles. The van der Waals surface area contributed by atoms with Crippen molar-refractivity contribution in [3.05, 3.63) is 35.0 Å². The van der Waals surface area contributed by atoms with E-state index in [4.69, 9.17) is 0 Å². The fourth-order valence-corrected chi connectivity index (χ4v) is 3.64. The highest BCUT2D eigenvalue weighted by Gasteiger charge is 2.23. The Morgan fingerprint density at radius 3 is 3.00 bits per heavy atom. The van der Waals surface area contributed by atoms with Crippen molar-refractivity contribution in [2.75, 3.05) is 6.54 Å². The fourth-order valence-electron chi connectivity index (χ4n) is 2.68. The van der Waals surface area contributed by atoms with Crippen molar-refractivity contribution < 1.29 is 14.3 Å². The maximum absolute atomic E-state index is 13.1. The molecule has 1 saturated carbocycles. The number of carbonyl (C=O) groups is 1. The van der Waals surface area contributed by atoms with Crippen LogP contribution in [-0.2, 0) is 0 Å². The zero-order valence-electron chi connectivity index (χ0n) is 10.9. The number of fused-ring (bicyclic) bond motifs is 1. The summed E-state index contributed by atoms with van der Waals surface area (Å²) in [4.78, 5) is 12.7. The van der Waals surface area contributed by atoms with Crippen LogP contribution in [0.2, 0.25) is 0 Å². The molecule has 0 radical (unpaired) electrons. The van der Waals surface area contributed by atoms with Crippen LogP contribution in [0.1, 0.15) is 28.9 Å². The minimum absolute atomic E-state index is 0.118. The number of aliphatic hydroxyl groups is 1. The summed E-state index contributed by atoms with van der Waals surface area (Å²) < 4.78 is 14.0. The molecule has 1 fully saturated rings. The molecule has 1 aromatic carbocycles. The maximum atomic E-state index is 13.1. The van der Waals surface area contributed by atoms with E-state index in [1.165, 1.54) is 23.5 Å². The van der Waals surface area contributed by atoms with Crippen molar-refractivity contribution in [2.24, 2.45) is 5.92 Å². The van der Waals surface area contributed by atoms with Gasteiger partial charge in [-0.05, 0) is 54.8 Å². The van der Waals surface area contributed by atoms with E-state index in [1.807, 2.05) is 0 Å². The Hall–Kier alpha value is -1.46. The number of thiophene rings is 1. The van der Waals surface area contributed by atoms with E-state index in [1.54, 1.807) is 12.1 Å². The second-order valence-electron chi connectivity index (χ2n) is 5.34. The molecular formula is C15H16FNO2S. The molecular weight excluding hydrogens is 277 g/mol. The monoisotopic (exact) mass is 293 g/mol. The van der Waals surface area contributed by atoms with Crippen LogP contribution in [-0.4, -0.2) is 23.7 Å². The van der Waals surface area contributed by atoms with Gasteiger partial charge >= 0.3 is 0 Å². The molecule has 0 saturated heterocycles. The molecule has 0 bridgehead atoms. The third-order valence-electron chi connectivity index (χ3n) is 3.77. The fraction of sp³-hybridized carbons (Fsp3) is 0.400. The summed E-state index contributed by atoms with van der Waals surface area (Å²) in [5, 5.41) is 13.1. The van der Waals surface area contributed by atoms with E-state index in [0.717, 1.165) is 29.3 Å². The Bertz CT molecular complexity index is 640. The SMILES string of the molecule is O=C(NCC1CCC(O)C1)c1cc2cc(F)ccc2s1. The summed E-state index contributed by atoms with van der Waals surface area (Å²) >= 11 is 1.37. The second kappa shape index (κ2) is 5.50. The van der Waals surface area contributed by atoms with Gasteiger partial charge in [-0.25, -0.2) is 4.39 Å². The first-order valence-corrected chi connectivity index (χ1v) is 7.59. The van der Waals surface area contributed by atoms with Crippen molar-refractivity contribution in [1.82, 2.24) is 5.32 Å². The maximum Gasteiger partial charge on any atom is 0.261 e. The quantitative estimate of drug-likeness (QED) is 0.914. The third kappa shape index (κ3) is 2.83. The van der Waals surface area contributed by atoms with Crippen LogP contribution >= 0.6 is 11.3 Å². The molecule has 2 atom stereocenters. The minimum atomic E-state index is -0.290. The van der Waals surface area contributed by atoms with E-state index in [9.17, 15) is 14.3 Å². The summed E-state index contributed by atoms with van der Waals surface area (Å²) in [6.07, 6.45) is 2.32. The van der Waals surface area contributed by atoms with Gasteiger partial charge in [-0.3, -0.25) is 4.79 Å². The van der Waals surface area contributed by atoms with Crippen molar-refractivity contribution >= 4 is 27.3 Å². The molecule has 1 aromatic heterocycles. The van der Waals surface area contributed by atoms with E-state index in [2.05, 4.69) is 5.32 Å². The normalized spacial score (nSPS) is 22.3. The van der Waals surface area contributed by atoms with Crippen LogP contribution in [0.25, 0.3) is 10.1 Å². The van der Waals surface area contributed by atoms with Gasteiger partial charge in [0.1, 0.15) is 5.82 Å². The minimum Gasteiger partial charge on any atom is -0.393 e. The predicted molar refractivity (Wildman–Crippen MR) is 77.5 cm³/mol. The van der Waals surface area contributed by atoms with Gasteiger partial charge in [0, 0.05) is 11.2 Å². The first-order valence-electron chi connectivity index (χ1n) is 6.77. The molecule has 20 heavy (non-hydrogen) atoms. The number of nitrogens with one attached hydrogen (secondary N) is 1. The van der Waals surface area contributed by atoms with Gasteiger partial charge in [-0.15, -0.1) is 11.3 Å². The van der Waals surface area contributed by atoms with Gasteiger partial charge in [0.15, 0.2) is 0 Å². The van der Waals surface area contributed by atoms with Gasteiger partial charge in [0.05, 0.1) is 11.0 Å². The molecule has 1 heterocycles. The molecule has 0 aliphatic heterocycles. The smallest absolute Gasteiger partial charge is 0.261 e. The molecule has 106 valence electrons. The Morgan fingerprint density at radius 2 is 2.25 bits per heavy atom. The highest BCUT2D eigenvalue weighted by Crippen LogP contribution is 2.27. The van der Waals surface area contributed by atoms with Crippen LogP contribution < -0.4 is 5.32 Å². The Balaban J connectivity index is 1.66. The molecule has 2 aromatic rings. The molecule has 2 N–H and O–H groups in total. The van der Waals surface area contributed by atoms with Gasteiger partial charge < -0.3 is 10.4 Å². The highest BCUT2D eigenvalue weighted by molar-refractivity contribution is 7.20. The van der Waals surface area contributed by atoms with Crippen LogP contribution in [0, 0.1) is 11.7 Å². The van der Waals surface area contributed by atoms with E-state index in [0.29, 0.717) is 17.3 Å². The molecule has 1 aliphatic rings. The zero-order valence-corrected chi connectivity index (χ0v) is 11.8. The number of carbonyl (C=O) groups excluding carboxylic acids is 1. The van der Waals surface area contributed by atoms with Crippen LogP contribution in [0.3, 0.4) is 0 Å². The molecule has 5 heteroatoms. The molecule has 2 unspecified atom stereocenters. The lowest BCUT2D eigenvalue weighted by atomic mass is 10.1. The van der Waals surface area contributed by atoms with Crippen molar-refractivity contribution in [2.45, 2.75) is 25.4 Å². The van der Waals surface area contributed by atoms with E-state index < -0.39 is 0 Å². The first-order chi connectivity index (χ1) is 9.61. The average Bonchev–Trinajstić information content (AvgIpc) is 3.01. The Morgan fingerprint density at radius 1 is 1.40 bits per heavy atom. The van der Waals surface area contributed by atoms with Crippen molar-refractivity contribution in [3.63, 3.8) is 0 Å². The summed E-state index contributed by atoms with van der Waals surface area (Å²) in [6.45, 7) is 0.596. The van der Waals surface area contributed by atoms with E-state index >= 15 is 0 Å². The molecule has 0 spiro atoms. The predicted octanol–water partition coefficient (Wildman–Crippen LogP) is 2.93. The van der Waals surface area contributed by atoms with Crippen LogP contribution in [0.4, 0.5) is 4.39 Å². The van der Waals surface area contributed by atoms with Crippen molar-refractivity contribution in [3.8, 4) is 0 Å². The van der Waals surface area contributed by atoms with Gasteiger partial charge in [0.25, 0.3) is 5.91 Å². The Kier molecular flexibility index (Phi) is 3.72. The number of hydrogen-bond donors (Lipinski definition) is 2. The summed E-state index contributed by atoms with van der Waals surface area (Å²) in [5.41, 5.74) is 0. The number of halogens is 1. The lowest BCUT2D eigenvalue weighted by Gasteiger charge is -2.09. The number of amides is 1. The topological polar surface area (TPSA) is 49.3 Å². The van der Waals surface area contributed by atoms with Crippen LogP contribution in [0.5, 0.6) is 0 Å². The molecule has 3 rings (SSSR count). The summed E-state index contributed by atoms with van der Waals surface area (Å²) in [7, 11) is 0. The standard InChI is InChI=1S/C15H16FNO2S/c16-11-2-4-13-10(6-11)7-14(20-13)15(19)17-8-9-1-3-12(18)5-9/h2,4,6-7,9,12,18H,1,3,5,8H2,(H,17,19). The number of hydrogen-bond acceptors (Lipinski definition) is 3. The Labute approximate surface area is 120 Å². The number of rotatable bonds is 3.